The summed E-state index contributed by atoms with van der Waals surface area (Å²) in [5.41, 5.74) is 1.54. The number of hydrogen-bond donors (Lipinski definition) is 0. The maximum absolute atomic E-state index is 13.3. The first-order chi connectivity index (χ1) is 12.9. The van der Waals surface area contributed by atoms with Gasteiger partial charge in [0.05, 0.1) is 4.90 Å². The second kappa shape index (κ2) is 7.33. The molecular weight excluding hydrogens is 389 g/mol. The highest BCUT2D eigenvalue weighted by Crippen LogP contribution is 2.40. The van der Waals surface area contributed by atoms with E-state index in [-0.39, 0.29) is 16.9 Å². The first kappa shape index (κ1) is 18.6. The summed E-state index contributed by atoms with van der Waals surface area (Å²) >= 11 is 1.74. The second-order valence-electron chi connectivity index (χ2n) is 6.57. The third-order valence-electron chi connectivity index (χ3n) is 4.82. The van der Waals surface area contributed by atoms with E-state index in [0.717, 1.165) is 17.1 Å². The lowest BCUT2D eigenvalue weighted by molar-refractivity contribution is 0.174. The van der Waals surface area contributed by atoms with Crippen LogP contribution in [0.1, 0.15) is 22.8 Å². The molecule has 0 spiro atoms. The van der Waals surface area contributed by atoms with Crippen molar-refractivity contribution in [1.29, 1.82) is 0 Å². The maximum Gasteiger partial charge on any atom is 0.243 e. The van der Waals surface area contributed by atoms with Gasteiger partial charge in [-0.3, -0.25) is 0 Å². The molecule has 2 heterocycles. The van der Waals surface area contributed by atoms with Crippen molar-refractivity contribution in [3.05, 3.63) is 53.3 Å². The molecule has 0 aromatic heterocycles. The Bertz CT molecular complexity index is 964. The van der Waals surface area contributed by atoms with Crippen LogP contribution >= 0.6 is 11.8 Å². The minimum absolute atomic E-state index is 0.176. The molecule has 0 radical (unpaired) electrons. The third-order valence-corrected chi connectivity index (χ3v) is 8.21. The molecule has 27 heavy (non-hydrogen) atoms. The molecule has 5 nitrogen and oxygen atoms in total. The molecule has 0 aliphatic carbocycles. The van der Waals surface area contributed by atoms with E-state index >= 15 is 0 Å². The Balaban J connectivity index is 1.53. The first-order valence-corrected chi connectivity index (χ1v) is 11.2. The lowest BCUT2D eigenvalue weighted by atomic mass is 10.1. The van der Waals surface area contributed by atoms with Crippen LogP contribution in [0.25, 0.3) is 0 Å². The van der Waals surface area contributed by atoms with Crippen LogP contribution in [0.5, 0.6) is 11.5 Å². The molecule has 0 amide bonds. The molecule has 0 N–H and O–H groups in total. The van der Waals surface area contributed by atoms with Gasteiger partial charge in [-0.05, 0) is 54.8 Å². The summed E-state index contributed by atoms with van der Waals surface area (Å²) in [6, 6.07) is 9.71. The molecule has 1 atom stereocenters. The van der Waals surface area contributed by atoms with Crippen molar-refractivity contribution in [2.45, 2.75) is 23.5 Å². The number of sulfonamides is 1. The molecule has 2 aromatic rings. The molecule has 4 rings (SSSR count). The molecule has 2 aliphatic heterocycles. The zero-order valence-corrected chi connectivity index (χ0v) is 16.5. The molecule has 1 unspecified atom stereocenters. The van der Waals surface area contributed by atoms with Gasteiger partial charge in [0.1, 0.15) is 5.82 Å². The zero-order valence-electron chi connectivity index (χ0n) is 14.9. The van der Waals surface area contributed by atoms with Gasteiger partial charge in [-0.1, -0.05) is 6.07 Å². The summed E-state index contributed by atoms with van der Waals surface area (Å²) in [4.78, 5) is 0.176. The Kier molecular flexibility index (Phi) is 5.05. The second-order valence-corrected chi connectivity index (χ2v) is 9.79. The Hall–Kier alpha value is -1.77. The van der Waals surface area contributed by atoms with Crippen LogP contribution < -0.4 is 9.47 Å². The van der Waals surface area contributed by atoms with Crippen LogP contribution in [0.2, 0.25) is 0 Å². The van der Waals surface area contributed by atoms with Crippen molar-refractivity contribution >= 4 is 21.8 Å². The molecular formula is C19H20FNO4S2. The topological polar surface area (TPSA) is 55.8 Å². The van der Waals surface area contributed by atoms with Crippen molar-refractivity contribution < 1.29 is 22.3 Å². The molecule has 1 saturated heterocycles. The number of nitrogens with zero attached hydrogens (tertiary/aromatic N) is 1. The Morgan fingerprint density at radius 1 is 1.11 bits per heavy atom. The van der Waals surface area contributed by atoms with Gasteiger partial charge in [0, 0.05) is 24.1 Å². The monoisotopic (exact) mass is 409 g/mol. The van der Waals surface area contributed by atoms with Crippen LogP contribution in [-0.4, -0.2) is 38.4 Å². The highest BCUT2D eigenvalue weighted by Gasteiger charge is 2.30. The largest absolute Gasteiger partial charge is 0.454 e. The van der Waals surface area contributed by atoms with E-state index in [2.05, 4.69) is 0 Å². The Morgan fingerprint density at radius 3 is 2.74 bits per heavy atom. The number of fused-ring (bicyclic) bond motifs is 1. The SMILES string of the molecule is Cc1cc(F)ccc1S(=O)(=O)N1CCSC(c2ccc3c(c2)OCO3)CC1. The molecule has 0 saturated carbocycles. The Morgan fingerprint density at radius 2 is 1.93 bits per heavy atom. The van der Waals surface area contributed by atoms with E-state index in [1.54, 1.807) is 18.7 Å². The van der Waals surface area contributed by atoms with Crippen LogP contribution in [0.3, 0.4) is 0 Å². The van der Waals surface area contributed by atoms with Crippen molar-refractivity contribution in [3.63, 3.8) is 0 Å². The highest BCUT2D eigenvalue weighted by atomic mass is 32.2. The zero-order chi connectivity index (χ0) is 19.0. The predicted molar refractivity (Wildman–Crippen MR) is 102 cm³/mol. The van der Waals surface area contributed by atoms with E-state index in [1.807, 2.05) is 18.2 Å². The van der Waals surface area contributed by atoms with E-state index in [0.29, 0.717) is 30.8 Å². The van der Waals surface area contributed by atoms with Gasteiger partial charge in [0.2, 0.25) is 16.8 Å². The van der Waals surface area contributed by atoms with Crippen LogP contribution in [0.4, 0.5) is 4.39 Å². The van der Waals surface area contributed by atoms with Crippen molar-refractivity contribution in [3.8, 4) is 11.5 Å². The fourth-order valence-electron chi connectivity index (χ4n) is 3.41. The number of benzene rings is 2. The number of ether oxygens (including phenoxy) is 2. The van der Waals surface area contributed by atoms with E-state index in [4.69, 9.17) is 9.47 Å². The van der Waals surface area contributed by atoms with Crippen LogP contribution in [0, 0.1) is 12.7 Å². The van der Waals surface area contributed by atoms with Gasteiger partial charge in [-0.2, -0.15) is 16.1 Å². The van der Waals surface area contributed by atoms with E-state index in [1.165, 1.54) is 22.5 Å². The molecule has 2 aromatic carbocycles. The van der Waals surface area contributed by atoms with E-state index in [9.17, 15) is 12.8 Å². The van der Waals surface area contributed by atoms with Crippen molar-refractivity contribution in [1.82, 2.24) is 4.31 Å². The lowest BCUT2D eigenvalue weighted by Crippen LogP contribution is -2.33. The quantitative estimate of drug-likeness (QED) is 0.773. The molecule has 8 heteroatoms. The summed E-state index contributed by atoms with van der Waals surface area (Å²) in [7, 11) is -3.64. The van der Waals surface area contributed by atoms with E-state index < -0.39 is 15.8 Å². The molecule has 2 aliphatic rings. The summed E-state index contributed by atoms with van der Waals surface area (Å²) in [5.74, 6) is 1.75. The molecule has 144 valence electrons. The smallest absolute Gasteiger partial charge is 0.243 e. The van der Waals surface area contributed by atoms with Crippen molar-refractivity contribution in [2.75, 3.05) is 25.6 Å². The number of thioether (sulfide) groups is 1. The number of halogens is 1. The standard InChI is InChI=1S/C19H20FNO4S2/c1-13-10-15(20)3-5-19(13)27(22,23)21-7-6-18(26-9-8-21)14-2-4-16-17(11-14)25-12-24-16/h2-5,10-11,18H,6-9,12H2,1H3. The first-order valence-electron chi connectivity index (χ1n) is 8.72. The van der Waals surface area contributed by atoms with Gasteiger partial charge in [-0.15, -0.1) is 0 Å². The fraction of sp³-hybridized carbons (Fsp3) is 0.368. The van der Waals surface area contributed by atoms with Gasteiger partial charge in [-0.25, -0.2) is 12.8 Å². The number of rotatable bonds is 3. The van der Waals surface area contributed by atoms with Crippen molar-refractivity contribution in [2.24, 2.45) is 0 Å². The van der Waals surface area contributed by atoms with Gasteiger partial charge in [0.25, 0.3) is 0 Å². The lowest BCUT2D eigenvalue weighted by Gasteiger charge is -2.21. The predicted octanol–water partition coefficient (Wildman–Crippen LogP) is 3.73. The minimum Gasteiger partial charge on any atom is -0.454 e. The van der Waals surface area contributed by atoms with Gasteiger partial charge >= 0.3 is 0 Å². The van der Waals surface area contributed by atoms with Crippen LogP contribution in [-0.2, 0) is 10.0 Å². The Labute approximate surface area is 162 Å². The summed E-state index contributed by atoms with van der Waals surface area (Å²) in [6.07, 6.45) is 0.698. The minimum atomic E-state index is -3.64. The normalized spacial score (nSPS) is 20.4. The van der Waals surface area contributed by atoms with Gasteiger partial charge in [0.15, 0.2) is 11.5 Å². The summed E-state index contributed by atoms with van der Waals surface area (Å²) in [6.45, 7) is 2.72. The average Bonchev–Trinajstić information content (AvgIpc) is 2.95. The maximum atomic E-state index is 13.3. The summed E-state index contributed by atoms with van der Waals surface area (Å²) in [5, 5.41) is 0.189. The molecule has 1 fully saturated rings. The highest BCUT2D eigenvalue weighted by molar-refractivity contribution is 7.99. The molecule has 0 bridgehead atoms. The van der Waals surface area contributed by atoms with Gasteiger partial charge < -0.3 is 9.47 Å². The fourth-order valence-corrected chi connectivity index (χ4v) is 6.41. The number of hydrogen-bond acceptors (Lipinski definition) is 5. The summed E-state index contributed by atoms with van der Waals surface area (Å²) < 4.78 is 51.7. The average molecular weight is 410 g/mol. The third kappa shape index (κ3) is 3.66. The van der Waals surface area contributed by atoms with Crippen LogP contribution in [0.15, 0.2) is 41.3 Å². The number of aryl methyl sites for hydroxylation is 1.